The largest absolute Gasteiger partial charge is 0.493 e. The number of rotatable bonds is 9. The number of fused-ring (bicyclic) bond motifs is 1. The van der Waals surface area contributed by atoms with Crippen LogP contribution in [-0.2, 0) is 4.79 Å². The summed E-state index contributed by atoms with van der Waals surface area (Å²) in [7, 11) is 0. The van der Waals surface area contributed by atoms with Crippen LogP contribution in [0.15, 0.2) is 57.9 Å². The second kappa shape index (κ2) is 8.94. The van der Waals surface area contributed by atoms with Crippen molar-refractivity contribution in [2.45, 2.75) is 19.8 Å². The van der Waals surface area contributed by atoms with E-state index in [1.165, 1.54) is 6.26 Å². The number of hydrogen-bond acceptors (Lipinski definition) is 6. The Hall–Kier alpha value is -3.48. The minimum Gasteiger partial charge on any atom is -0.493 e. The van der Waals surface area contributed by atoms with Gasteiger partial charge in [-0.25, -0.2) is 0 Å². The molecule has 0 aliphatic heterocycles. The molecule has 2 aromatic carbocycles. The normalized spacial score (nSPS) is 10.6. The molecule has 7 heteroatoms. The third-order valence-corrected chi connectivity index (χ3v) is 3.89. The highest BCUT2D eigenvalue weighted by Gasteiger charge is 2.12. The summed E-state index contributed by atoms with van der Waals surface area (Å²) in [4.78, 5) is 23.2. The van der Waals surface area contributed by atoms with Crippen molar-refractivity contribution in [2.75, 3.05) is 13.2 Å². The van der Waals surface area contributed by atoms with Gasteiger partial charge in [-0.1, -0.05) is 12.1 Å². The van der Waals surface area contributed by atoms with E-state index < -0.39 is 5.97 Å². The molecule has 0 saturated carbocycles. The van der Waals surface area contributed by atoms with Crippen LogP contribution in [-0.4, -0.2) is 24.3 Å². The highest BCUT2D eigenvalue weighted by molar-refractivity contribution is 5.79. The quantitative estimate of drug-likeness (QED) is 0.552. The van der Waals surface area contributed by atoms with Crippen LogP contribution in [0.5, 0.6) is 23.0 Å². The number of benzene rings is 2. The zero-order chi connectivity index (χ0) is 19.9. The van der Waals surface area contributed by atoms with Gasteiger partial charge in [0.15, 0.2) is 11.5 Å². The van der Waals surface area contributed by atoms with Gasteiger partial charge in [0.1, 0.15) is 17.6 Å². The predicted octanol–water partition coefficient (Wildman–Crippen LogP) is 4.23. The van der Waals surface area contributed by atoms with Crippen LogP contribution in [0.2, 0.25) is 0 Å². The molecule has 0 amide bonds. The predicted molar refractivity (Wildman–Crippen MR) is 103 cm³/mol. The summed E-state index contributed by atoms with van der Waals surface area (Å²) in [5, 5.41) is 8.99. The minimum absolute atomic E-state index is 0.0343. The maximum absolute atomic E-state index is 12.7. The molecule has 0 saturated heterocycles. The van der Waals surface area contributed by atoms with E-state index in [0.29, 0.717) is 41.2 Å². The van der Waals surface area contributed by atoms with Gasteiger partial charge in [0.2, 0.25) is 11.2 Å². The van der Waals surface area contributed by atoms with Crippen LogP contribution in [0.4, 0.5) is 0 Å². The Labute approximate surface area is 161 Å². The van der Waals surface area contributed by atoms with Gasteiger partial charge >= 0.3 is 5.97 Å². The van der Waals surface area contributed by atoms with Crippen LogP contribution in [0.3, 0.4) is 0 Å². The Morgan fingerprint density at radius 2 is 1.86 bits per heavy atom. The molecule has 0 aliphatic rings. The zero-order valence-electron chi connectivity index (χ0n) is 15.3. The van der Waals surface area contributed by atoms with Gasteiger partial charge in [-0.2, -0.15) is 0 Å². The molecule has 28 heavy (non-hydrogen) atoms. The van der Waals surface area contributed by atoms with Crippen molar-refractivity contribution in [3.63, 3.8) is 0 Å². The molecule has 0 fully saturated rings. The standard InChI is InChI=1S/C21H20O7/c1-2-25-16-6-3-4-7-17(16)28-19-13-27-18-12-14(9-10-15(18)21(19)24)26-11-5-8-20(22)23/h3-4,6-7,9-10,12-13H,2,5,8,11H2,1H3,(H,22,23). The SMILES string of the molecule is CCOc1ccccc1Oc1coc2cc(OCCCC(=O)O)ccc2c1=O. The van der Waals surface area contributed by atoms with Crippen LogP contribution in [0.25, 0.3) is 11.0 Å². The average Bonchev–Trinajstić information content (AvgIpc) is 2.69. The molecule has 0 aliphatic carbocycles. The molecule has 7 nitrogen and oxygen atoms in total. The van der Waals surface area contributed by atoms with Gasteiger partial charge in [0, 0.05) is 12.5 Å². The first-order valence-corrected chi connectivity index (χ1v) is 8.88. The van der Waals surface area contributed by atoms with Gasteiger partial charge < -0.3 is 23.7 Å². The average molecular weight is 384 g/mol. The number of carboxylic acids is 1. The second-order valence-electron chi connectivity index (χ2n) is 5.91. The lowest BCUT2D eigenvalue weighted by Gasteiger charge is -2.11. The molecule has 1 aromatic heterocycles. The lowest BCUT2D eigenvalue weighted by molar-refractivity contribution is -0.137. The summed E-state index contributed by atoms with van der Waals surface area (Å²) in [6.45, 7) is 2.60. The molecule has 1 N–H and O–H groups in total. The van der Waals surface area contributed by atoms with Crippen LogP contribution >= 0.6 is 0 Å². The summed E-state index contributed by atoms with van der Waals surface area (Å²) in [6.07, 6.45) is 1.68. The molecule has 0 unspecified atom stereocenters. The molecule has 3 aromatic rings. The smallest absolute Gasteiger partial charge is 0.303 e. The fraction of sp³-hybridized carbons (Fsp3) is 0.238. The van der Waals surface area contributed by atoms with E-state index in [4.69, 9.17) is 23.7 Å². The third-order valence-electron chi connectivity index (χ3n) is 3.89. The molecular formula is C21H20O7. The minimum atomic E-state index is -0.869. The lowest BCUT2D eigenvalue weighted by Crippen LogP contribution is -2.06. The molecule has 0 atom stereocenters. The summed E-state index contributed by atoms with van der Waals surface area (Å²) in [5.41, 5.74) is 0.0381. The van der Waals surface area contributed by atoms with Crippen molar-refractivity contribution < 1.29 is 28.5 Å². The summed E-state index contributed by atoms with van der Waals surface area (Å²) in [5.74, 6) is 0.640. The fourth-order valence-electron chi connectivity index (χ4n) is 2.59. The van der Waals surface area contributed by atoms with Gasteiger partial charge in [-0.05, 0) is 37.6 Å². The van der Waals surface area contributed by atoms with Gasteiger partial charge in [-0.3, -0.25) is 9.59 Å². The fourth-order valence-corrected chi connectivity index (χ4v) is 2.59. The van der Waals surface area contributed by atoms with Crippen molar-refractivity contribution >= 4 is 16.9 Å². The molecular weight excluding hydrogens is 364 g/mol. The van der Waals surface area contributed by atoms with E-state index >= 15 is 0 Å². The Balaban J connectivity index is 1.79. The number of carbonyl (C=O) groups is 1. The van der Waals surface area contributed by atoms with Gasteiger partial charge in [0.25, 0.3) is 0 Å². The van der Waals surface area contributed by atoms with Crippen LogP contribution < -0.4 is 19.6 Å². The molecule has 3 rings (SSSR count). The Kier molecular flexibility index (Phi) is 6.16. The molecule has 1 heterocycles. The number of hydrogen-bond donors (Lipinski definition) is 1. The zero-order valence-corrected chi connectivity index (χ0v) is 15.3. The van der Waals surface area contributed by atoms with Crippen molar-refractivity contribution in [2.24, 2.45) is 0 Å². The monoisotopic (exact) mass is 384 g/mol. The van der Waals surface area contributed by atoms with Gasteiger partial charge in [0.05, 0.1) is 18.6 Å². The van der Waals surface area contributed by atoms with E-state index in [2.05, 4.69) is 0 Å². The van der Waals surface area contributed by atoms with E-state index in [1.54, 1.807) is 36.4 Å². The number of aliphatic carboxylic acids is 1. The van der Waals surface area contributed by atoms with E-state index in [-0.39, 0.29) is 24.2 Å². The Bertz CT molecular complexity index is 1020. The first-order valence-electron chi connectivity index (χ1n) is 8.88. The second-order valence-corrected chi connectivity index (χ2v) is 5.91. The van der Waals surface area contributed by atoms with E-state index in [0.717, 1.165) is 0 Å². The van der Waals surface area contributed by atoms with Crippen molar-refractivity contribution in [3.8, 4) is 23.0 Å². The highest BCUT2D eigenvalue weighted by Crippen LogP contribution is 2.31. The lowest BCUT2D eigenvalue weighted by atomic mass is 10.2. The molecule has 0 bridgehead atoms. The van der Waals surface area contributed by atoms with Crippen molar-refractivity contribution in [3.05, 3.63) is 59.0 Å². The van der Waals surface area contributed by atoms with Crippen molar-refractivity contribution in [1.82, 2.24) is 0 Å². The topological polar surface area (TPSA) is 95.2 Å². The van der Waals surface area contributed by atoms with Crippen LogP contribution in [0, 0.1) is 0 Å². The first-order chi connectivity index (χ1) is 13.6. The Morgan fingerprint density at radius 3 is 2.61 bits per heavy atom. The highest BCUT2D eigenvalue weighted by atomic mass is 16.5. The molecule has 0 radical (unpaired) electrons. The van der Waals surface area contributed by atoms with E-state index in [1.807, 2.05) is 13.0 Å². The van der Waals surface area contributed by atoms with Gasteiger partial charge in [-0.15, -0.1) is 0 Å². The molecule has 146 valence electrons. The summed E-state index contributed by atoms with van der Waals surface area (Å²) in [6, 6.07) is 11.9. The summed E-state index contributed by atoms with van der Waals surface area (Å²) < 4.78 is 22.3. The third kappa shape index (κ3) is 4.62. The number of carboxylic acid groups (broad SMARTS) is 1. The Morgan fingerprint density at radius 1 is 1.07 bits per heavy atom. The first kappa shape index (κ1) is 19.3. The number of para-hydroxylation sites is 2. The molecule has 0 spiro atoms. The van der Waals surface area contributed by atoms with Crippen LogP contribution in [0.1, 0.15) is 19.8 Å². The maximum atomic E-state index is 12.7. The van der Waals surface area contributed by atoms with E-state index in [9.17, 15) is 9.59 Å². The van der Waals surface area contributed by atoms with Crippen molar-refractivity contribution in [1.29, 1.82) is 0 Å². The number of ether oxygens (including phenoxy) is 3. The maximum Gasteiger partial charge on any atom is 0.303 e. The summed E-state index contributed by atoms with van der Waals surface area (Å²) >= 11 is 0.